The maximum absolute atomic E-state index is 12.1. The van der Waals surface area contributed by atoms with Crippen LogP contribution in [0.5, 0.6) is 11.5 Å². The van der Waals surface area contributed by atoms with Gasteiger partial charge in [0, 0.05) is 12.8 Å². The van der Waals surface area contributed by atoms with Crippen molar-refractivity contribution in [1.29, 1.82) is 0 Å². The number of phenolic OH excluding ortho intramolecular Hbond substituents is 2. The van der Waals surface area contributed by atoms with Crippen LogP contribution in [-0.2, 0) is 27.2 Å². The highest BCUT2D eigenvalue weighted by Crippen LogP contribution is 2.13. The monoisotopic (exact) mass is 413 g/mol. The molecular formula is C24H31NO5. The van der Waals surface area contributed by atoms with Gasteiger partial charge in [0.25, 0.3) is 0 Å². The number of esters is 1. The van der Waals surface area contributed by atoms with E-state index in [0.29, 0.717) is 32.3 Å². The Morgan fingerprint density at radius 2 is 1.37 bits per heavy atom. The molecule has 2 rings (SSSR count). The topological polar surface area (TPSA) is 110 Å². The quantitative estimate of drug-likeness (QED) is 0.341. The van der Waals surface area contributed by atoms with Crippen molar-refractivity contribution in [3.8, 4) is 11.5 Å². The van der Waals surface area contributed by atoms with Crippen LogP contribution in [0.4, 0.5) is 0 Å². The Labute approximate surface area is 177 Å². The molecule has 30 heavy (non-hydrogen) atoms. The second-order valence-electron chi connectivity index (χ2n) is 7.49. The van der Waals surface area contributed by atoms with Gasteiger partial charge in [0.1, 0.15) is 17.3 Å². The number of Topliss-reactive ketones (excluding diaryl/α,β-unsaturated/α-hetero) is 1. The number of hydrogen-bond donors (Lipinski definition) is 3. The van der Waals surface area contributed by atoms with Crippen molar-refractivity contribution in [2.24, 2.45) is 5.73 Å². The van der Waals surface area contributed by atoms with Gasteiger partial charge in [0.05, 0.1) is 12.6 Å². The van der Waals surface area contributed by atoms with Crippen molar-refractivity contribution < 1.29 is 24.5 Å². The fraction of sp³-hybridized carbons (Fsp3) is 0.417. The fourth-order valence-electron chi connectivity index (χ4n) is 3.11. The normalized spacial score (nSPS) is 11.8. The van der Waals surface area contributed by atoms with Crippen molar-refractivity contribution in [2.45, 2.75) is 57.4 Å². The molecule has 0 heterocycles. The van der Waals surface area contributed by atoms with Crippen molar-refractivity contribution in [3.63, 3.8) is 0 Å². The molecule has 0 fully saturated rings. The molecule has 0 saturated carbocycles. The maximum Gasteiger partial charge on any atom is 0.306 e. The van der Waals surface area contributed by atoms with E-state index in [1.165, 1.54) is 0 Å². The fourth-order valence-corrected chi connectivity index (χ4v) is 3.11. The molecule has 0 spiro atoms. The molecule has 0 aliphatic heterocycles. The molecular weight excluding hydrogens is 382 g/mol. The number of hydrogen-bond acceptors (Lipinski definition) is 6. The molecule has 0 aliphatic rings. The number of carbonyl (C=O) groups excluding carboxylic acids is 2. The van der Waals surface area contributed by atoms with E-state index in [9.17, 15) is 19.8 Å². The van der Waals surface area contributed by atoms with Crippen LogP contribution >= 0.6 is 0 Å². The zero-order valence-corrected chi connectivity index (χ0v) is 17.3. The van der Waals surface area contributed by atoms with E-state index in [1.807, 2.05) is 0 Å². The third-order valence-electron chi connectivity index (χ3n) is 4.94. The first kappa shape index (κ1) is 23.4. The predicted octanol–water partition coefficient (Wildman–Crippen LogP) is 3.66. The SMILES string of the molecule is N[C@@H](Cc1ccc(O)cc1)C(=O)CCCCCCOC(=O)CCc1ccc(O)cc1. The first-order valence-electron chi connectivity index (χ1n) is 10.4. The largest absolute Gasteiger partial charge is 0.508 e. The first-order chi connectivity index (χ1) is 14.4. The molecule has 0 amide bonds. The minimum absolute atomic E-state index is 0.0451. The van der Waals surface area contributed by atoms with Crippen LogP contribution in [0, 0.1) is 0 Å². The first-order valence-corrected chi connectivity index (χ1v) is 10.4. The van der Waals surface area contributed by atoms with Gasteiger partial charge >= 0.3 is 5.97 Å². The van der Waals surface area contributed by atoms with Crippen molar-refractivity contribution >= 4 is 11.8 Å². The van der Waals surface area contributed by atoms with Gasteiger partial charge in [-0.1, -0.05) is 37.1 Å². The van der Waals surface area contributed by atoms with Crippen LogP contribution in [-0.4, -0.2) is 34.6 Å². The number of benzene rings is 2. The van der Waals surface area contributed by atoms with Crippen LogP contribution in [0.3, 0.4) is 0 Å². The molecule has 0 radical (unpaired) electrons. The molecule has 6 nitrogen and oxygen atoms in total. The molecule has 0 unspecified atom stereocenters. The Morgan fingerprint density at radius 3 is 2.00 bits per heavy atom. The Bertz CT molecular complexity index is 786. The number of phenols is 2. The van der Waals surface area contributed by atoms with E-state index in [1.54, 1.807) is 48.5 Å². The van der Waals surface area contributed by atoms with Crippen LogP contribution < -0.4 is 5.73 Å². The Morgan fingerprint density at radius 1 is 0.800 bits per heavy atom. The van der Waals surface area contributed by atoms with Gasteiger partial charge in [-0.05, 0) is 61.1 Å². The molecule has 6 heteroatoms. The highest BCUT2D eigenvalue weighted by Gasteiger charge is 2.13. The standard InChI is InChI=1S/C24H31NO5/c25-22(17-19-8-13-21(27)14-9-19)23(28)5-3-1-2-4-16-30-24(29)15-10-18-6-11-20(26)12-7-18/h6-9,11-14,22,26-27H,1-5,10,15-17,25H2/t22-/m0/s1. The molecule has 0 bridgehead atoms. The number of unbranched alkanes of at least 4 members (excludes halogenated alkanes) is 3. The van der Waals surface area contributed by atoms with E-state index in [0.717, 1.165) is 36.8 Å². The van der Waals surface area contributed by atoms with Crippen LogP contribution in [0.2, 0.25) is 0 Å². The van der Waals surface area contributed by atoms with Crippen LogP contribution in [0.25, 0.3) is 0 Å². The Balaban J connectivity index is 1.48. The van der Waals surface area contributed by atoms with Crippen LogP contribution in [0.15, 0.2) is 48.5 Å². The highest BCUT2D eigenvalue weighted by molar-refractivity contribution is 5.84. The number of carbonyl (C=O) groups is 2. The predicted molar refractivity (Wildman–Crippen MR) is 115 cm³/mol. The van der Waals surface area contributed by atoms with Gasteiger partial charge in [0.2, 0.25) is 0 Å². The number of ether oxygens (including phenoxy) is 1. The van der Waals surface area contributed by atoms with Gasteiger partial charge in [-0.3, -0.25) is 9.59 Å². The average Bonchev–Trinajstić information content (AvgIpc) is 2.74. The summed E-state index contributed by atoms with van der Waals surface area (Å²) in [4.78, 5) is 23.9. The lowest BCUT2D eigenvalue weighted by Crippen LogP contribution is -2.32. The summed E-state index contributed by atoms with van der Waals surface area (Å²) in [6.07, 6.45) is 5.17. The van der Waals surface area contributed by atoms with E-state index in [-0.39, 0.29) is 23.3 Å². The van der Waals surface area contributed by atoms with Gasteiger partial charge in [-0.25, -0.2) is 0 Å². The number of rotatable bonds is 13. The van der Waals surface area contributed by atoms with E-state index in [2.05, 4.69) is 0 Å². The summed E-state index contributed by atoms with van der Waals surface area (Å²) in [5.41, 5.74) is 7.89. The molecule has 0 aliphatic carbocycles. The summed E-state index contributed by atoms with van der Waals surface area (Å²) in [6, 6.07) is 13.0. The lowest BCUT2D eigenvalue weighted by atomic mass is 9.99. The summed E-state index contributed by atoms with van der Waals surface area (Å²) in [5.74, 6) is 0.228. The van der Waals surface area contributed by atoms with Gasteiger partial charge in [0.15, 0.2) is 0 Å². The zero-order chi connectivity index (χ0) is 21.8. The lowest BCUT2D eigenvalue weighted by Gasteiger charge is -2.11. The molecule has 1 atom stereocenters. The number of ketones is 1. The van der Waals surface area contributed by atoms with Crippen LogP contribution in [0.1, 0.15) is 49.7 Å². The Kier molecular flexibility index (Phi) is 9.87. The number of nitrogens with two attached hydrogens (primary N) is 1. The summed E-state index contributed by atoms with van der Waals surface area (Å²) < 4.78 is 5.24. The second-order valence-corrected chi connectivity index (χ2v) is 7.49. The Hall–Kier alpha value is -2.86. The van der Waals surface area contributed by atoms with E-state index in [4.69, 9.17) is 10.5 Å². The minimum Gasteiger partial charge on any atom is -0.508 e. The number of aromatic hydroxyl groups is 2. The smallest absolute Gasteiger partial charge is 0.306 e. The van der Waals surface area contributed by atoms with Crippen molar-refractivity contribution in [1.82, 2.24) is 0 Å². The lowest BCUT2D eigenvalue weighted by molar-refractivity contribution is -0.143. The van der Waals surface area contributed by atoms with Gasteiger partial charge < -0.3 is 20.7 Å². The average molecular weight is 414 g/mol. The number of aryl methyl sites for hydroxylation is 1. The summed E-state index contributed by atoms with van der Waals surface area (Å²) >= 11 is 0. The summed E-state index contributed by atoms with van der Waals surface area (Å²) in [6.45, 7) is 0.392. The van der Waals surface area contributed by atoms with E-state index < -0.39 is 6.04 Å². The minimum atomic E-state index is -0.524. The zero-order valence-electron chi connectivity index (χ0n) is 17.3. The molecule has 4 N–H and O–H groups in total. The molecule has 0 saturated heterocycles. The van der Waals surface area contributed by atoms with Crippen molar-refractivity contribution in [3.05, 3.63) is 59.7 Å². The third-order valence-corrected chi connectivity index (χ3v) is 4.94. The summed E-state index contributed by atoms with van der Waals surface area (Å²) in [5, 5.41) is 18.5. The maximum atomic E-state index is 12.1. The third kappa shape index (κ3) is 9.09. The van der Waals surface area contributed by atoms with Gasteiger partial charge in [-0.2, -0.15) is 0 Å². The summed E-state index contributed by atoms with van der Waals surface area (Å²) in [7, 11) is 0. The van der Waals surface area contributed by atoms with Crippen molar-refractivity contribution in [2.75, 3.05) is 6.61 Å². The second kappa shape index (κ2) is 12.6. The molecule has 162 valence electrons. The van der Waals surface area contributed by atoms with Gasteiger partial charge in [-0.15, -0.1) is 0 Å². The molecule has 2 aromatic carbocycles. The molecule has 0 aromatic heterocycles. The highest BCUT2D eigenvalue weighted by atomic mass is 16.5. The molecule has 2 aromatic rings. The van der Waals surface area contributed by atoms with E-state index >= 15 is 0 Å².